The molecule has 5 nitrogen and oxygen atoms in total. The minimum atomic E-state index is -3.81. The van der Waals surface area contributed by atoms with Gasteiger partial charge in [0.25, 0.3) is 0 Å². The smallest absolute Gasteiger partial charge is 0.325 e. The van der Waals surface area contributed by atoms with Crippen LogP contribution >= 0.6 is 11.6 Å². The lowest BCUT2D eigenvalue weighted by Gasteiger charge is -2.05. The molecule has 0 heterocycles. The fourth-order valence-electron chi connectivity index (χ4n) is 1.79. The predicted molar refractivity (Wildman–Crippen MR) is 62.7 cm³/mol. The fraction of sp³-hybridized carbons (Fsp3) is 0.273. The lowest BCUT2D eigenvalue weighted by molar-refractivity contribution is -0.141. The van der Waals surface area contributed by atoms with Crippen LogP contribution in [0.1, 0.15) is 6.42 Å². The summed E-state index contributed by atoms with van der Waals surface area (Å²) in [4.78, 5) is 10.9. The van der Waals surface area contributed by atoms with Crippen LogP contribution in [-0.2, 0) is 14.6 Å². The highest BCUT2D eigenvalue weighted by atomic mass is 35.5. The molecule has 0 aromatic heterocycles. The Hall–Kier alpha value is -1.58. The van der Waals surface area contributed by atoms with Crippen molar-refractivity contribution in [3.05, 3.63) is 29.3 Å². The Balaban J connectivity index is 2.39. The second kappa shape index (κ2) is 3.97. The molecule has 0 aliphatic heterocycles. The van der Waals surface area contributed by atoms with E-state index < -0.39 is 26.5 Å². The van der Waals surface area contributed by atoms with Crippen molar-refractivity contribution in [3.8, 4) is 6.07 Å². The van der Waals surface area contributed by atoms with Crippen molar-refractivity contribution in [2.75, 3.05) is 0 Å². The van der Waals surface area contributed by atoms with E-state index in [0.717, 1.165) is 0 Å². The summed E-state index contributed by atoms with van der Waals surface area (Å²) < 4.78 is 24.3. The van der Waals surface area contributed by atoms with Gasteiger partial charge in [0.2, 0.25) is 0 Å². The van der Waals surface area contributed by atoms with Crippen LogP contribution in [-0.4, -0.2) is 24.7 Å². The minimum absolute atomic E-state index is 0.0183. The highest BCUT2D eigenvalue weighted by Crippen LogP contribution is 2.52. The SMILES string of the molecule is N#C[C@]1(C(=O)O)C[C@@H]1S(=O)(=O)c1ccc(Cl)cc1. The summed E-state index contributed by atoms with van der Waals surface area (Å²) in [6, 6.07) is 7.01. The molecule has 0 spiro atoms. The monoisotopic (exact) mass is 285 g/mol. The van der Waals surface area contributed by atoms with Gasteiger partial charge < -0.3 is 5.11 Å². The van der Waals surface area contributed by atoms with Crippen LogP contribution in [0.25, 0.3) is 0 Å². The molecular formula is C11H8ClNO4S. The summed E-state index contributed by atoms with van der Waals surface area (Å²) in [7, 11) is -3.81. The number of carbonyl (C=O) groups is 1. The van der Waals surface area contributed by atoms with Crippen molar-refractivity contribution in [2.45, 2.75) is 16.6 Å². The van der Waals surface area contributed by atoms with E-state index in [2.05, 4.69) is 0 Å². The molecule has 0 bridgehead atoms. The van der Waals surface area contributed by atoms with E-state index >= 15 is 0 Å². The molecule has 18 heavy (non-hydrogen) atoms. The Morgan fingerprint density at radius 3 is 2.39 bits per heavy atom. The first-order valence-electron chi connectivity index (χ1n) is 4.99. The first kappa shape index (κ1) is 12.9. The van der Waals surface area contributed by atoms with Crippen LogP contribution < -0.4 is 0 Å². The maximum atomic E-state index is 12.1. The molecular weight excluding hydrogens is 278 g/mol. The number of nitriles is 1. The Morgan fingerprint density at radius 2 is 2.00 bits per heavy atom. The van der Waals surface area contributed by atoms with Gasteiger partial charge in [-0.1, -0.05) is 11.6 Å². The zero-order valence-corrected chi connectivity index (χ0v) is 10.6. The standard InChI is InChI=1S/C11H8ClNO4S/c12-7-1-3-8(4-2-7)18(16,17)9-5-11(9,6-13)10(14)15/h1-4,9H,5H2,(H,14,15)/t9-,11+/m0/s1. The minimum Gasteiger partial charge on any atom is -0.480 e. The van der Waals surface area contributed by atoms with Crippen molar-refractivity contribution in [1.82, 2.24) is 0 Å². The zero-order valence-electron chi connectivity index (χ0n) is 9.00. The van der Waals surface area contributed by atoms with E-state index in [1.165, 1.54) is 24.3 Å². The molecule has 7 heteroatoms. The first-order valence-corrected chi connectivity index (χ1v) is 6.91. The Bertz CT molecular complexity index is 647. The molecule has 94 valence electrons. The van der Waals surface area contributed by atoms with Crippen molar-refractivity contribution in [2.24, 2.45) is 5.41 Å². The molecule has 1 saturated carbocycles. The summed E-state index contributed by atoms with van der Waals surface area (Å²) >= 11 is 5.65. The van der Waals surface area contributed by atoms with Gasteiger partial charge in [-0.25, -0.2) is 8.42 Å². The van der Waals surface area contributed by atoms with E-state index in [1.54, 1.807) is 6.07 Å². The van der Waals surface area contributed by atoms with Crippen LogP contribution in [0.3, 0.4) is 0 Å². The van der Waals surface area contributed by atoms with Gasteiger partial charge in [0.05, 0.1) is 16.2 Å². The highest BCUT2D eigenvalue weighted by molar-refractivity contribution is 7.92. The molecule has 1 aliphatic carbocycles. The van der Waals surface area contributed by atoms with Crippen molar-refractivity contribution in [3.63, 3.8) is 0 Å². The van der Waals surface area contributed by atoms with Gasteiger partial charge in [0.15, 0.2) is 15.3 Å². The normalized spacial score (nSPS) is 26.3. The molecule has 0 unspecified atom stereocenters. The zero-order chi connectivity index (χ0) is 13.6. The van der Waals surface area contributed by atoms with Crippen LogP contribution in [0.2, 0.25) is 5.02 Å². The average Bonchev–Trinajstić information content (AvgIpc) is 3.06. The number of carboxylic acids is 1. The van der Waals surface area contributed by atoms with Gasteiger partial charge >= 0.3 is 5.97 Å². The third kappa shape index (κ3) is 1.76. The van der Waals surface area contributed by atoms with Gasteiger partial charge in [-0.15, -0.1) is 0 Å². The van der Waals surface area contributed by atoms with E-state index in [4.69, 9.17) is 22.0 Å². The number of aliphatic carboxylic acids is 1. The van der Waals surface area contributed by atoms with Crippen molar-refractivity contribution >= 4 is 27.4 Å². The maximum Gasteiger partial charge on any atom is 0.325 e. The number of hydrogen-bond acceptors (Lipinski definition) is 4. The topological polar surface area (TPSA) is 95.2 Å². The second-order valence-corrected chi connectivity index (χ2v) is 6.65. The molecule has 1 aliphatic rings. The number of benzene rings is 1. The first-order chi connectivity index (χ1) is 8.34. The molecule has 1 N–H and O–H groups in total. The largest absolute Gasteiger partial charge is 0.480 e. The summed E-state index contributed by atoms with van der Waals surface area (Å²) in [5.74, 6) is -1.40. The number of sulfone groups is 1. The van der Waals surface area contributed by atoms with E-state index in [1.807, 2.05) is 0 Å². The molecule has 0 saturated heterocycles. The van der Waals surface area contributed by atoms with Gasteiger partial charge in [-0.05, 0) is 30.7 Å². The van der Waals surface area contributed by atoms with Crippen molar-refractivity contribution < 1.29 is 18.3 Å². The fourth-order valence-corrected chi connectivity index (χ4v) is 3.92. The Kier molecular flexibility index (Phi) is 2.84. The van der Waals surface area contributed by atoms with Crippen molar-refractivity contribution in [1.29, 1.82) is 5.26 Å². The van der Waals surface area contributed by atoms with E-state index in [-0.39, 0.29) is 11.3 Å². The van der Waals surface area contributed by atoms with Crippen LogP contribution in [0, 0.1) is 16.7 Å². The lowest BCUT2D eigenvalue weighted by Crippen LogP contribution is -2.22. The summed E-state index contributed by atoms with van der Waals surface area (Å²) in [6.07, 6.45) is -0.177. The molecule has 1 aromatic rings. The van der Waals surface area contributed by atoms with E-state index in [9.17, 15) is 13.2 Å². The average molecular weight is 286 g/mol. The lowest BCUT2D eigenvalue weighted by atomic mass is 10.1. The molecule has 2 rings (SSSR count). The molecule has 2 atom stereocenters. The highest BCUT2D eigenvalue weighted by Gasteiger charge is 2.68. The number of carboxylic acid groups (broad SMARTS) is 1. The maximum absolute atomic E-state index is 12.1. The van der Waals surface area contributed by atoms with Gasteiger partial charge in [0.1, 0.15) is 0 Å². The third-order valence-corrected chi connectivity index (χ3v) is 5.49. The van der Waals surface area contributed by atoms with Gasteiger partial charge in [-0.3, -0.25) is 4.79 Å². The Morgan fingerprint density at radius 1 is 1.44 bits per heavy atom. The van der Waals surface area contributed by atoms with E-state index in [0.29, 0.717) is 5.02 Å². The van der Waals surface area contributed by atoms with Crippen LogP contribution in [0.15, 0.2) is 29.2 Å². The summed E-state index contributed by atoms with van der Waals surface area (Å²) in [5.41, 5.74) is -1.81. The summed E-state index contributed by atoms with van der Waals surface area (Å²) in [6.45, 7) is 0. The third-order valence-electron chi connectivity index (χ3n) is 2.99. The van der Waals surface area contributed by atoms with Crippen LogP contribution in [0.5, 0.6) is 0 Å². The van der Waals surface area contributed by atoms with Gasteiger partial charge in [0, 0.05) is 5.02 Å². The number of halogens is 1. The Labute approximate surface area is 109 Å². The quantitative estimate of drug-likeness (QED) is 0.907. The molecule has 0 amide bonds. The number of rotatable bonds is 3. The molecule has 0 radical (unpaired) electrons. The van der Waals surface area contributed by atoms with Crippen LogP contribution in [0.4, 0.5) is 0 Å². The predicted octanol–water partition coefficient (Wildman–Crippen LogP) is 1.48. The molecule has 1 fully saturated rings. The molecule has 1 aromatic carbocycles. The second-order valence-electron chi connectivity index (χ2n) is 4.08. The van der Waals surface area contributed by atoms with Gasteiger partial charge in [-0.2, -0.15) is 5.26 Å². The number of nitrogens with zero attached hydrogens (tertiary/aromatic N) is 1. The number of hydrogen-bond donors (Lipinski definition) is 1. The summed E-state index contributed by atoms with van der Waals surface area (Å²) in [5, 5.41) is 17.0.